The second kappa shape index (κ2) is 9.31. The molecule has 2 atom stereocenters. The number of nitrogens with zero attached hydrogens (tertiary/aromatic N) is 1. The first-order chi connectivity index (χ1) is 17.3. The van der Waals surface area contributed by atoms with E-state index < -0.39 is 6.69 Å². The number of hydrogen-bond donors (Lipinski definition) is 0. The van der Waals surface area contributed by atoms with Crippen molar-refractivity contribution in [2.24, 2.45) is 0 Å². The smallest absolute Gasteiger partial charge is 0.496 e. The number of benzene rings is 4. The Kier molecular flexibility index (Phi) is 5.87. The van der Waals surface area contributed by atoms with Crippen LogP contribution in [0.4, 0.5) is 0 Å². The highest BCUT2D eigenvalue weighted by molar-refractivity contribution is 6.67. The number of rotatable bonds is 6. The molecule has 0 aliphatic carbocycles. The van der Waals surface area contributed by atoms with Crippen molar-refractivity contribution in [1.29, 1.82) is 0 Å². The molecule has 174 valence electrons. The minimum Gasteiger partial charge on any atom is -0.500 e. The van der Waals surface area contributed by atoms with Gasteiger partial charge < -0.3 is 13.7 Å². The number of quaternary nitrogens is 1. The summed E-state index contributed by atoms with van der Waals surface area (Å²) in [6.07, 6.45) is 2.15. The fourth-order valence-corrected chi connectivity index (χ4v) is 5.85. The fraction of sp³-hybridized carbons (Fsp3) is 0.161. The molecule has 4 aromatic carbocycles. The van der Waals surface area contributed by atoms with Crippen LogP contribution in [0.2, 0.25) is 0 Å². The highest BCUT2D eigenvalue weighted by Crippen LogP contribution is 2.50. The van der Waals surface area contributed by atoms with E-state index in [2.05, 4.69) is 127 Å². The van der Waals surface area contributed by atoms with Crippen LogP contribution in [-0.2, 0) is 15.9 Å². The molecule has 2 aliphatic rings. The summed E-state index contributed by atoms with van der Waals surface area (Å²) >= 11 is 0. The summed E-state index contributed by atoms with van der Waals surface area (Å²) in [6, 6.07) is 42.4. The van der Waals surface area contributed by atoms with Gasteiger partial charge in [0.1, 0.15) is 0 Å². The van der Waals surface area contributed by atoms with Crippen LogP contribution in [0.15, 0.2) is 127 Å². The van der Waals surface area contributed by atoms with Crippen molar-refractivity contribution < 1.29 is 13.7 Å². The molecule has 0 aromatic heterocycles. The molecule has 0 unspecified atom stereocenters. The molecule has 3 nitrogen and oxygen atoms in total. The molecule has 0 amide bonds. The van der Waals surface area contributed by atoms with Crippen molar-refractivity contribution in [3.8, 4) is 0 Å². The average Bonchev–Trinajstić information content (AvgIpc) is 3.39. The van der Waals surface area contributed by atoms with Crippen LogP contribution < -0.4 is 0 Å². The maximum Gasteiger partial charge on any atom is 0.496 e. The average molecular weight is 459 g/mol. The Balaban J connectivity index is 1.45. The lowest BCUT2D eigenvalue weighted by molar-refractivity contribution is -0.837. The molecule has 2 heterocycles. The summed E-state index contributed by atoms with van der Waals surface area (Å²) in [6.45, 7) is 0.853. The van der Waals surface area contributed by atoms with Crippen LogP contribution in [0, 0.1) is 0 Å². The van der Waals surface area contributed by atoms with Crippen LogP contribution in [0.5, 0.6) is 0 Å². The summed E-state index contributed by atoms with van der Waals surface area (Å²) in [5.74, 6) is 2.23. The molecular weight excluding hydrogens is 429 g/mol. The lowest BCUT2D eigenvalue weighted by atomic mass is 9.67. The van der Waals surface area contributed by atoms with Gasteiger partial charge in [0.2, 0.25) is 0 Å². The summed E-state index contributed by atoms with van der Waals surface area (Å²) < 4.78 is 14.8. The van der Waals surface area contributed by atoms with E-state index in [-0.39, 0.29) is 12.2 Å². The molecule has 6 rings (SSSR count). The molecule has 0 bridgehead atoms. The van der Waals surface area contributed by atoms with Gasteiger partial charge in [0.05, 0.1) is 31.8 Å². The normalized spacial score (nSPS) is 27.8. The van der Waals surface area contributed by atoms with E-state index in [0.717, 1.165) is 29.6 Å². The SMILES string of the molecule is C(=C\[B-]12O[C@H](c3ccccc3)C[N+]1(Cc1ccccc1)C[C@@H](c1ccccc1)O2)/c1ccccc1. The molecule has 4 aromatic rings. The first kappa shape index (κ1) is 22.1. The summed E-state index contributed by atoms with van der Waals surface area (Å²) in [4.78, 5) is 0. The number of hydrogen-bond acceptors (Lipinski definition) is 2. The minimum absolute atomic E-state index is 0.0166. The molecule has 0 saturated carbocycles. The quantitative estimate of drug-likeness (QED) is 0.298. The minimum atomic E-state index is -1.77. The molecule has 2 fully saturated rings. The van der Waals surface area contributed by atoms with Crippen molar-refractivity contribution in [3.63, 3.8) is 0 Å². The Labute approximate surface area is 207 Å². The van der Waals surface area contributed by atoms with Crippen molar-refractivity contribution in [1.82, 2.24) is 0 Å². The van der Waals surface area contributed by atoms with E-state index >= 15 is 0 Å². The Morgan fingerprint density at radius 1 is 0.629 bits per heavy atom. The first-order valence-corrected chi connectivity index (χ1v) is 12.5. The Morgan fingerprint density at radius 2 is 1.09 bits per heavy atom. The lowest BCUT2D eigenvalue weighted by Gasteiger charge is -2.45. The van der Waals surface area contributed by atoms with Gasteiger partial charge in [-0.05, 0) is 16.7 Å². The second-order valence-corrected chi connectivity index (χ2v) is 9.80. The van der Waals surface area contributed by atoms with E-state index in [4.69, 9.17) is 9.31 Å². The third kappa shape index (κ3) is 4.25. The molecular formula is C31H30BNO2. The van der Waals surface area contributed by atoms with Crippen LogP contribution in [0.3, 0.4) is 0 Å². The topological polar surface area (TPSA) is 18.5 Å². The van der Waals surface area contributed by atoms with Gasteiger partial charge in [0.25, 0.3) is 0 Å². The van der Waals surface area contributed by atoms with Gasteiger partial charge in [-0.15, -0.1) is 5.98 Å². The van der Waals surface area contributed by atoms with E-state index in [1.807, 2.05) is 6.07 Å². The molecule has 0 spiro atoms. The van der Waals surface area contributed by atoms with Crippen LogP contribution in [0.1, 0.15) is 34.5 Å². The summed E-state index contributed by atoms with van der Waals surface area (Å²) in [5.41, 5.74) is 4.88. The third-order valence-electron chi connectivity index (χ3n) is 7.56. The fourth-order valence-electron chi connectivity index (χ4n) is 5.85. The monoisotopic (exact) mass is 459 g/mol. The van der Waals surface area contributed by atoms with Gasteiger partial charge in [-0.25, -0.2) is 0 Å². The summed E-state index contributed by atoms with van der Waals surface area (Å²) in [7, 11) is 0. The molecule has 2 saturated heterocycles. The zero-order valence-corrected chi connectivity index (χ0v) is 19.8. The third-order valence-corrected chi connectivity index (χ3v) is 7.56. The molecule has 0 N–H and O–H groups in total. The molecule has 2 aliphatic heterocycles. The van der Waals surface area contributed by atoms with Crippen LogP contribution in [0.25, 0.3) is 6.08 Å². The molecule has 35 heavy (non-hydrogen) atoms. The zero-order chi connectivity index (χ0) is 23.6. The van der Waals surface area contributed by atoms with E-state index in [1.165, 1.54) is 16.7 Å². The Hall–Kier alpha value is -3.44. The van der Waals surface area contributed by atoms with Gasteiger partial charge in [0, 0.05) is 5.56 Å². The standard InChI is InChI=1S/C31H30BNO2/c1-5-13-26(14-6-1)21-22-32-33(23-27-15-7-2-8-16-27,24-30(34-32)28-17-9-3-10-18-28)25-31(35-32)29-19-11-4-12-20-29/h1-22,30-31H,23-25H2/b22-21+/t30-,31-,32?,33?/m0/s1. The largest absolute Gasteiger partial charge is 0.500 e. The lowest BCUT2D eigenvalue weighted by Crippen LogP contribution is -2.61. The van der Waals surface area contributed by atoms with Gasteiger partial charge >= 0.3 is 6.69 Å². The van der Waals surface area contributed by atoms with Gasteiger partial charge in [-0.3, -0.25) is 0 Å². The maximum atomic E-state index is 7.03. The van der Waals surface area contributed by atoms with Crippen molar-refractivity contribution in [2.75, 3.05) is 13.1 Å². The Bertz CT molecular complexity index is 1230. The zero-order valence-electron chi connectivity index (χ0n) is 19.8. The van der Waals surface area contributed by atoms with E-state index in [9.17, 15) is 0 Å². The predicted octanol–water partition coefficient (Wildman–Crippen LogP) is 6.74. The number of fused-ring (bicyclic) bond motifs is 1. The highest BCUT2D eigenvalue weighted by atomic mass is 16.7. The van der Waals surface area contributed by atoms with E-state index in [1.54, 1.807) is 0 Å². The van der Waals surface area contributed by atoms with Crippen molar-refractivity contribution in [2.45, 2.75) is 18.8 Å². The highest BCUT2D eigenvalue weighted by Gasteiger charge is 2.62. The predicted molar refractivity (Wildman–Crippen MR) is 142 cm³/mol. The molecule has 0 radical (unpaired) electrons. The molecule has 4 heteroatoms. The Morgan fingerprint density at radius 3 is 1.60 bits per heavy atom. The van der Waals surface area contributed by atoms with Gasteiger partial charge in [-0.1, -0.05) is 127 Å². The van der Waals surface area contributed by atoms with E-state index in [0.29, 0.717) is 0 Å². The van der Waals surface area contributed by atoms with Crippen LogP contribution >= 0.6 is 0 Å². The second-order valence-electron chi connectivity index (χ2n) is 9.80. The van der Waals surface area contributed by atoms with Crippen molar-refractivity contribution >= 4 is 12.8 Å². The van der Waals surface area contributed by atoms with Gasteiger partial charge in [-0.2, -0.15) is 0 Å². The van der Waals surface area contributed by atoms with Crippen LogP contribution in [-0.4, -0.2) is 24.2 Å². The first-order valence-electron chi connectivity index (χ1n) is 12.5. The van der Waals surface area contributed by atoms with Crippen molar-refractivity contribution in [3.05, 3.63) is 150 Å². The van der Waals surface area contributed by atoms with Gasteiger partial charge in [0.15, 0.2) is 0 Å². The maximum absolute atomic E-state index is 7.03. The summed E-state index contributed by atoms with van der Waals surface area (Å²) in [5, 5.41) is 0.